The van der Waals surface area contributed by atoms with Gasteiger partial charge >= 0.3 is 0 Å². The molecule has 2 aromatic carbocycles. The molecule has 150 valence electrons. The minimum Gasteiger partial charge on any atom is -0.494 e. The molecule has 7 nitrogen and oxygen atoms in total. The zero-order valence-electron chi connectivity index (χ0n) is 15.9. The number of nitro groups is 1. The van der Waals surface area contributed by atoms with Gasteiger partial charge in [0.2, 0.25) is 17.6 Å². The molecule has 0 bridgehead atoms. The summed E-state index contributed by atoms with van der Waals surface area (Å²) in [7, 11) is 0. The lowest BCUT2D eigenvalue weighted by molar-refractivity contribution is -0.384. The average Bonchev–Trinajstić information content (AvgIpc) is 3.10. The maximum Gasteiger partial charge on any atom is 0.269 e. The first-order valence-electron chi connectivity index (χ1n) is 9.58. The summed E-state index contributed by atoms with van der Waals surface area (Å²) in [4.78, 5) is 10.9. The smallest absolute Gasteiger partial charge is 0.269 e. The van der Waals surface area contributed by atoms with Crippen LogP contribution < -0.4 is 0 Å². The van der Waals surface area contributed by atoms with Gasteiger partial charge in [0.25, 0.3) is 5.69 Å². The lowest BCUT2D eigenvalue weighted by Gasteiger charge is -2.32. The number of allylic oxidation sites excluding steroid dienone is 2. The fraction of sp³-hybridized carbons (Fsp3) is 0.130. The van der Waals surface area contributed by atoms with Gasteiger partial charge in [-0.25, -0.2) is 4.57 Å². The van der Waals surface area contributed by atoms with E-state index in [1.807, 2.05) is 30.3 Å². The second kappa shape index (κ2) is 6.81. The Hall–Kier alpha value is -4.00. The molecule has 2 heterocycles. The molecule has 7 heteroatoms. The van der Waals surface area contributed by atoms with Gasteiger partial charge in [-0.15, -0.1) is 0 Å². The van der Waals surface area contributed by atoms with Crippen molar-refractivity contribution in [2.75, 3.05) is 0 Å². The van der Waals surface area contributed by atoms with Crippen LogP contribution in [0, 0.1) is 10.1 Å². The third-order valence-electron chi connectivity index (χ3n) is 5.61. The van der Waals surface area contributed by atoms with Crippen molar-refractivity contribution in [1.82, 2.24) is 4.57 Å². The molecule has 1 atom stereocenters. The quantitative estimate of drug-likeness (QED) is 0.485. The summed E-state index contributed by atoms with van der Waals surface area (Å²) < 4.78 is 7.42. The fourth-order valence-corrected chi connectivity index (χ4v) is 4.21. The topological polar surface area (TPSA) is 97.8 Å². The summed E-state index contributed by atoms with van der Waals surface area (Å²) in [6.45, 7) is 0. The van der Waals surface area contributed by atoms with E-state index < -0.39 is 4.92 Å². The Balaban J connectivity index is 1.71. The van der Waals surface area contributed by atoms with Gasteiger partial charge in [-0.3, -0.25) is 10.1 Å². The molecule has 0 amide bonds. The van der Waals surface area contributed by atoms with E-state index in [0.29, 0.717) is 5.76 Å². The summed E-state index contributed by atoms with van der Waals surface area (Å²) in [5.74, 6) is 0.299. The summed E-state index contributed by atoms with van der Waals surface area (Å²) in [5.41, 5.74) is 3.88. The van der Waals surface area contributed by atoms with Crippen LogP contribution in [0.15, 0.2) is 72.3 Å². The minimum atomic E-state index is -0.414. The lowest BCUT2D eigenvalue weighted by Crippen LogP contribution is -2.18. The van der Waals surface area contributed by atoms with Crippen LogP contribution >= 0.6 is 0 Å². The van der Waals surface area contributed by atoms with Crippen LogP contribution in [-0.4, -0.2) is 19.7 Å². The molecule has 30 heavy (non-hydrogen) atoms. The van der Waals surface area contributed by atoms with Crippen LogP contribution in [0.3, 0.4) is 0 Å². The van der Waals surface area contributed by atoms with E-state index in [1.54, 1.807) is 18.2 Å². The number of aromatic hydroxyl groups is 2. The van der Waals surface area contributed by atoms with Crippen molar-refractivity contribution in [1.29, 1.82) is 0 Å². The molecule has 2 N–H and O–H groups in total. The van der Waals surface area contributed by atoms with Crippen LogP contribution in [0.2, 0.25) is 0 Å². The number of hydrogen-bond donors (Lipinski definition) is 2. The van der Waals surface area contributed by atoms with Crippen molar-refractivity contribution in [2.45, 2.75) is 18.8 Å². The Morgan fingerprint density at radius 2 is 1.77 bits per heavy atom. The maximum atomic E-state index is 11.3. The number of fused-ring (bicyclic) bond motifs is 2. The molecule has 1 aliphatic heterocycles. The Bertz CT molecular complexity index is 1220. The van der Waals surface area contributed by atoms with Gasteiger partial charge in [0.15, 0.2) is 0 Å². The van der Waals surface area contributed by atoms with Gasteiger partial charge in [0, 0.05) is 35.7 Å². The second-order valence-corrected chi connectivity index (χ2v) is 7.33. The molecule has 2 aliphatic rings. The van der Waals surface area contributed by atoms with Crippen LogP contribution in [0.1, 0.15) is 29.0 Å². The highest BCUT2D eigenvalue weighted by Crippen LogP contribution is 2.47. The normalized spacial score (nSPS) is 17.6. The SMILES string of the molecule is O=[N+]([O-])c1cccc(C2C=C(n3c(O)ccc3O)OC3=C2CCc2ccccc23)c1. The fourth-order valence-electron chi connectivity index (χ4n) is 4.21. The van der Waals surface area contributed by atoms with E-state index in [2.05, 4.69) is 0 Å². The first kappa shape index (κ1) is 18.1. The number of ether oxygens (including phenoxy) is 1. The first-order valence-corrected chi connectivity index (χ1v) is 9.58. The Kier molecular flexibility index (Phi) is 4.10. The van der Waals surface area contributed by atoms with Crippen molar-refractivity contribution >= 4 is 17.3 Å². The molecule has 1 aromatic heterocycles. The molecule has 1 aliphatic carbocycles. The first-order chi connectivity index (χ1) is 14.5. The number of aryl methyl sites for hydroxylation is 1. The largest absolute Gasteiger partial charge is 0.494 e. The molecular formula is C23H18N2O5. The minimum absolute atomic E-state index is 0.0129. The average molecular weight is 402 g/mol. The molecule has 1 unspecified atom stereocenters. The molecule has 0 radical (unpaired) electrons. The van der Waals surface area contributed by atoms with Gasteiger partial charge in [-0.1, -0.05) is 36.4 Å². The van der Waals surface area contributed by atoms with Crippen LogP contribution in [0.5, 0.6) is 11.8 Å². The van der Waals surface area contributed by atoms with Crippen LogP contribution in [0.25, 0.3) is 11.6 Å². The van der Waals surface area contributed by atoms with Crippen molar-refractivity contribution in [3.63, 3.8) is 0 Å². The molecule has 0 saturated heterocycles. The van der Waals surface area contributed by atoms with E-state index in [-0.39, 0.29) is 29.2 Å². The van der Waals surface area contributed by atoms with Gasteiger partial charge < -0.3 is 14.9 Å². The van der Waals surface area contributed by atoms with Crippen molar-refractivity contribution in [3.8, 4) is 11.8 Å². The molecular weight excluding hydrogens is 384 g/mol. The highest BCUT2D eigenvalue weighted by atomic mass is 16.6. The van der Waals surface area contributed by atoms with Gasteiger partial charge in [0.1, 0.15) is 5.76 Å². The van der Waals surface area contributed by atoms with E-state index >= 15 is 0 Å². The third kappa shape index (κ3) is 2.83. The summed E-state index contributed by atoms with van der Waals surface area (Å²) >= 11 is 0. The van der Waals surface area contributed by atoms with E-state index in [0.717, 1.165) is 35.1 Å². The lowest BCUT2D eigenvalue weighted by atomic mass is 9.80. The predicted octanol–water partition coefficient (Wildman–Crippen LogP) is 4.78. The monoisotopic (exact) mass is 402 g/mol. The van der Waals surface area contributed by atoms with Gasteiger partial charge in [-0.05, 0) is 35.6 Å². The standard InChI is InChI=1S/C23H18N2O5/c26-20-10-11-21(27)24(20)22-13-19(15-5-3-6-16(12-15)25(28)29)18-9-8-14-4-1-2-7-17(14)23(18)30-22/h1-7,10-13,19,26-27H,8-9H2. The zero-order chi connectivity index (χ0) is 20.8. The number of rotatable bonds is 3. The molecule has 0 spiro atoms. The van der Waals surface area contributed by atoms with Gasteiger partial charge in [0.05, 0.1) is 4.92 Å². The van der Waals surface area contributed by atoms with Crippen LogP contribution in [0.4, 0.5) is 5.69 Å². The highest BCUT2D eigenvalue weighted by molar-refractivity contribution is 5.76. The van der Waals surface area contributed by atoms with Gasteiger partial charge in [-0.2, -0.15) is 0 Å². The number of hydrogen-bond acceptors (Lipinski definition) is 5. The van der Waals surface area contributed by atoms with Crippen molar-refractivity contribution < 1.29 is 19.9 Å². The maximum absolute atomic E-state index is 11.3. The number of non-ortho nitro benzene ring substituents is 1. The van der Waals surface area contributed by atoms with E-state index in [4.69, 9.17) is 4.74 Å². The zero-order valence-corrected chi connectivity index (χ0v) is 15.9. The summed E-state index contributed by atoms with van der Waals surface area (Å²) in [5, 5.41) is 31.8. The third-order valence-corrected chi connectivity index (χ3v) is 5.61. The molecule has 0 fully saturated rings. The highest BCUT2D eigenvalue weighted by Gasteiger charge is 2.33. The number of nitrogens with zero attached hydrogens (tertiary/aromatic N) is 2. The Labute approximate surface area is 171 Å². The summed E-state index contributed by atoms with van der Waals surface area (Å²) in [6, 6.07) is 17.2. The van der Waals surface area contributed by atoms with E-state index in [9.17, 15) is 20.3 Å². The number of benzene rings is 2. The molecule has 0 saturated carbocycles. The molecule has 3 aromatic rings. The van der Waals surface area contributed by atoms with E-state index in [1.165, 1.54) is 22.8 Å². The Morgan fingerprint density at radius 3 is 2.53 bits per heavy atom. The number of aromatic nitrogens is 1. The predicted molar refractivity (Wildman–Crippen MR) is 111 cm³/mol. The second-order valence-electron chi connectivity index (χ2n) is 7.33. The van der Waals surface area contributed by atoms with Crippen LogP contribution in [-0.2, 0) is 11.2 Å². The number of nitro benzene ring substituents is 1. The van der Waals surface area contributed by atoms with Crippen molar-refractivity contribution in [2.24, 2.45) is 0 Å². The van der Waals surface area contributed by atoms with Crippen molar-refractivity contribution in [3.05, 3.63) is 99.1 Å². The Morgan fingerprint density at radius 1 is 1.00 bits per heavy atom. The molecule has 5 rings (SSSR count). The summed E-state index contributed by atoms with van der Waals surface area (Å²) in [6.07, 6.45) is 3.37.